The topological polar surface area (TPSA) is 67.2 Å². The number of hydrogen-bond acceptors (Lipinski definition) is 3. The molecule has 0 atom stereocenters. The van der Waals surface area contributed by atoms with Gasteiger partial charge in [0.1, 0.15) is 12.4 Å². The molecule has 0 fully saturated rings. The summed E-state index contributed by atoms with van der Waals surface area (Å²) in [5.74, 6) is -0.441. The lowest BCUT2D eigenvalue weighted by molar-refractivity contribution is -0.137. The van der Waals surface area contributed by atoms with Crippen LogP contribution in [0.2, 0.25) is 0 Å². The molecule has 0 aliphatic rings. The number of nitrogens with one attached hydrogen (secondary N) is 1. The van der Waals surface area contributed by atoms with E-state index in [4.69, 9.17) is 0 Å². The SMILES string of the molecule is CCN(CC(=O)Nc1ccccc1C(F)(F)F)C(=O)c1cc(C)n(-c2ccccn2)c1C. The number of carbonyl (C=O) groups excluding carboxylic acids is 2. The van der Waals surface area contributed by atoms with Crippen LogP contribution in [0.15, 0.2) is 54.7 Å². The molecule has 0 aliphatic carbocycles. The Morgan fingerprint density at radius 2 is 1.78 bits per heavy atom. The van der Waals surface area contributed by atoms with E-state index in [0.29, 0.717) is 17.1 Å². The molecule has 2 heterocycles. The van der Waals surface area contributed by atoms with Gasteiger partial charge in [-0.05, 0) is 51.1 Å². The Labute approximate surface area is 183 Å². The molecule has 32 heavy (non-hydrogen) atoms. The van der Waals surface area contributed by atoms with E-state index in [9.17, 15) is 22.8 Å². The summed E-state index contributed by atoms with van der Waals surface area (Å²) in [7, 11) is 0. The smallest absolute Gasteiger partial charge is 0.330 e. The summed E-state index contributed by atoms with van der Waals surface area (Å²) in [6, 6.07) is 11.9. The molecule has 9 heteroatoms. The number of rotatable bonds is 6. The summed E-state index contributed by atoms with van der Waals surface area (Å²) in [4.78, 5) is 31.2. The summed E-state index contributed by atoms with van der Waals surface area (Å²) >= 11 is 0. The highest BCUT2D eigenvalue weighted by molar-refractivity contribution is 6.00. The van der Waals surface area contributed by atoms with E-state index in [1.807, 2.05) is 23.6 Å². The number of halogens is 3. The number of amides is 2. The van der Waals surface area contributed by atoms with Gasteiger partial charge in [-0.3, -0.25) is 9.59 Å². The van der Waals surface area contributed by atoms with E-state index in [0.717, 1.165) is 11.8 Å². The van der Waals surface area contributed by atoms with Gasteiger partial charge in [-0.15, -0.1) is 0 Å². The van der Waals surface area contributed by atoms with Crippen molar-refractivity contribution in [3.63, 3.8) is 0 Å². The third-order valence-electron chi connectivity index (χ3n) is 5.05. The van der Waals surface area contributed by atoms with Gasteiger partial charge in [0.25, 0.3) is 5.91 Å². The molecule has 168 valence electrons. The fraction of sp³-hybridized carbons (Fsp3) is 0.261. The van der Waals surface area contributed by atoms with Gasteiger partial charge in [-0.1, -0.05) is 18.2 Å². The minimum atomic E-state index is -4.60. The number of aryl methyl sites for hydroxylation is 1. The maximum absolute atomic E-state index is 13.2. The number of nitrogens with zero attached hydrogens (tertiary/aromatic N) is 3. The number of benzene rings is 1. The number of carbonyl (C=O) groups is 2. The van der Waals surface area contributed by atoms with Gasteiger partial charge in [0.2, 0.25) is 5.91 Å². The first-order valence-corrected chi connectivity index (χ1v) is 9.99. The summed E-state index contributed by atoms with van der Waals surface area (Å²) in [5, 5.41) is 2.28. The van der Waals surface area contributed by atoms with Gasteiger partial charge in [-0.25, -0.2) is 4.98 Å². The number of anilines is 1. The lowest BCUT2D eigenvalue weighted by Gasteiger charge is -2.21. The van der Waals surface area contributed by atoms with Crippen molar-refractivity contribution in [1.29, 1.82) is 0 Å². The lowest BCUT2D eigenvalue weighted by atomic mass is 10.1. The average molecular weight is 444 g/mol. The number of likely N-dealkylation sites (N-methyl/N-ethyl adjacent to an activating group) is 1. The van der Waals surface area contributed by atoms with E-state index in [1.165, 1.54) is 23.1 Å². The van der Waals surface area contributed by atoms with Gasteiger partial charge in [0, 0.05) is 24.1 Å². The molecule has 6 nitrogen and oxygen atoms in total. The zero-order valence-corrected chi connectivity index (χ0v) is 17.9. The average Bonchev–Trinajstić information content (AvgIpc) is 3.05. The third kappa shape index (κ3) is 4.82. The van der Waals surface area contributed by atoms with Gasteiger partial charge in [-0.2, -0.15) is 13.2 Å². The van der Waals surface area contributed by atoms with Crippen LogP contribution in [0.25, 0.3) is 5.82 Å². The monoisotopic (exact) mass is 444 g/mol. The summed E-state index contributed by atoms with van der Waals surface area (Å²) in [6.45, 7) is 5.15. The van der Waals surface area contributed by atoms with Gasteiger partial charge in [0.05, 0.1) is 16.8 Å². The molecule has 0 saturated heterocycles. The van der Waals surface area contributed by atoms with Crippen LogP contribution in [0, 0.1) is 13.8 Å². The zero-order chi connectivity index (χ0) is 23.5. The third-order valence-corrected chi connectivity index (χ3v) is 5.05. The number of para-hydroxylation sites is 1. The maximum atomic E-state index is 13.2. The van der Waals surface area contributed by atoms with Crippen LogP contribution in [-0.4, -0.2) is 39.4 Å². The second kappa shape index (κ2) is 9.25. The Kier molecular flexibility index (Phi) is 6.67. The van der Waals surface area contributed by atoms with E-state index in [-0.39, 0.29) is 24.7 Å². The van der Waals surface area contributed by atoms with Crippen LogP contribution in [0.3, 0.4) is 0 Å². The van der Waals surface area contributed by atoms with Crippen LogP contribution in [0.5, 0.6) is 0 Å². The number of aromatic nitrogens is 2. The van der Waals surface area contributed by atoms with E-state index < -0.39 is 17.6 Å². The molecule has 0 spiro atoms. The molecule has 0 radical (unpaired) electrons. The van der Waals surface area contributed by atoms with Gasteiger partial charge >= 0.3 is 6.18 Å². The summed E-state index contributed by atoms with van der Waals surface area (Å²) in [5.41, 5.74) is 0.568. The number of pyridine rings is 1. The van der Waals surface area contributed by atoms with E-state index >= 15 is 0 Å². The quantitative estimate of drug-likeness (QED) is 0.604. The standard InChI is InChI=1S/C23H23F3N4O2/c1-4-29(14-21(31)28-19-10-6-5-9-18(19)23(24,25)26)22(32)17-13-15(2)30(16(17)3)20-11-7-8-12-27-20/h5-13H,4,14H2,1-3H3,(H,28,31). The molecule has 1 N–H and O–H groups in total. The molecular weight excluding hydrogens is 421 g/mol. The van der Waals surface area contributed by atoms with Crippen LogP contribution < -0.4 is 5.32 Å². The van der Waals surface area contributed by atoms with Gasteiger partial charge in [0.15, 0.2) is 0 Å². The molecule has 0 bridgehead atoms. The molecule has 2 aromatic heterocycles. The molecule has 2 amide bonds. The largest absolute Gasteiger partial charge is 0.418 e. The molecule has 0 unspecified atom stereocenters. The normalized spacial score (nSPS) is 11.3. The fourth-order valence-electron chi connectivity index (χ4n) is 3.52. The molecule has 0 aliphatic heterocycles. The van der Waals surface area contributed by atoms with Crippen LogP contribution in [0.1, 0.15) is 34.2 Å². The van der Waals surface area contributed by atoms with Crippen molar-refractivity contribution in [3.8, 4) is 5.82 Å². The van der Waals surface area contributed by atoms with Crippen LogP contribution in [-0.2, 0) is 11.0 Å². The van der Waals surface area contributed by atoms with Crippen molar-refractivity contribution < 1.29 is 22.8 Å². The predicted molar refractivity (Wildman–Crippen MR) is 115 cm³/mol. The van der Waals surface area contributed by atoms with Crippen LogP contribution >= 0.6 is 0 Å². The predicted octanol–water partition coefficient (Wildman–Crippen LogP) is 4.61. The van der Waals surface area contributed by atoms with Crippen molar-refractivity contribution in [3.05, 3.63) is 77.2 Å². The molecular formula is C23H23F3N4O2. The minimum absolute atomic E-state index is 0.209. The fourth-order valence-corrected chi connectivity index (χ4v) is 3.52. The Balaban J connectivity index is 1.80. The van der Waals surface area contributed by atoms with E-state index in [2.05, 4.69) is 10.3 Å². The molecule has 3 rings (SSSR count). The first kappa shape index (κ1) is 23.1. The van der Waals surface area contributed by atoms with Crippen molar-refractivity contribution in [2.24, 2.45) is 0 Å². The molecule has 0 saturated carbocycles. The molecule has 3 aromatic rings. The first-order valence-electron chi connectivity index (χ1n) is 9.99. The van der Waals surface area contributed by atoms with Crippen molar-refractivity contribution in [2.75, 3.05) is 18.4 Å². The lowest BCUT2D eigenvalue weighted by Crippen LogP contribution is -2.38. The highest BCUT2D eigenvalue weighted by Gasteiger charge is 2.33. The Morgan fingerprint density at radius 3 is 2.41 bits per heavy atom. The second-order valence-electron chi connectivity index (χ2n) is 7.22. The van der Waals surface area contributed by atoms with Crippen molar-refractivity contribution in [2.45, 2.75) is 26.9 Å². The van der Waals surface area contributed by atoms with Crippen molar-refractivity contribution >= 4 is 17.5 Å². The summed E-state index contributed by atoms with van der Waals surface area (Å²) in [6.07, 6.45) is -2.95. The Bertz CT molecular complexity index is 1120. The Hall–Kier alpha value is -3.62. The van der Waals surface area contributed by atoms with Gasteiger partial charge < -0.3 is 14.8 Å². The van der Waals surface area contributed by atoms with Crippen LogP contribution in [0.4, 0.5) is 18.9 Å². The Morgan fingerprint density at radius 1 is 1.09 bits per heavy atom. The van der Waals surface area contributed by atoms with Crippen molar-refractivity contribution in [1.82, 2.24) is 14.5 Å². The number of hydrogen-bond donors (Lipinski definition) is 1. The zero-order valence-electron chi connectivity index (χ0n) is 17.9. The second-order valence-corrected chi connectivity index (χ2v) is 7.22. The number of alkyl halides is 3. The maximum Gasteiger partial charge on any atom is 0.418 e. The minimum Gasteiger partial charge on any atom is -0.330 e. The highest BCUT2D eigenvalue weighted by atomic mass is 19.4. The van der Waals surface area contributed by atoms with E-state index in [1.54, 1.807) is 32.2 Å². The highest BCUT2D eigenvalue weighted by Crippen LogP contribution is 2.34. The molecule has 1 aromatic carbocycles. The summed E-state index contributed by atoms with van der Waals surface area (Å²) < 4.78 is 41.4. The first-order chi connectivity index (χ1) is 15.1.